The highest BCUT2D eigenvalue weighted by Crippen LogP contribution is 2.16. The van der Waals surface area contributed by atoms with Crippen molar-refractivity contribution in [3.63, 3.8) is 0 Å². The quantitative estimate of drug-likeness (QED) is 0.0725. The number of benzene rings is 3. The van der Waals surface area contributed by atoms with Crippen molar-refractivity contribution in [2.75, 3.05) is 6.61 Å². The molecule has 0 bridgehead atoms. The average molecular weight is 483 g/mol. The number of ether oxygens (including phenoxy) is 2. The second-order valence-electron chi connectivity index (χ2n) is 8.60. The van der Waals surface area contributed by atoms with E-state index in [1.165, 1.54) is 0 Å². The number of carbonyl (C=O) groups is 2. The van der Waals surface area contributed by atoms with E-state index >= 15 is 0 Å². The summed E-state index contributed by atoms with van der Waals surface area (Å²) in [5.41, 5.74) is 2.61. The summed E-state index contributed by atoms with van der Waals surface area (Å²) in [4.78, 5) is 24.3. The number of allylic oxidation sites excluding steroid dienone is 1. The van der Waals surface area contributed by atoms with Gasteiger partial charge in [-0.15, -0.1) is 0 Å². The molecular formula is C32H34O4. The van der Waals surface area contributed by atoms with Gasteiger partial charge in [-0.25, -0.2) is 0 Å². The summed E-state index contributed by atoms with van der Waals surface area (Å²) in [5, 5.41) is 0. The maximum atomic E-state index is 12.2. The molecule has 0 saturated carbocycles. The van der Waals surface area contributed by atoms with Crippen molar-refractivity contribution >= 4 is 23.9 Å². The predicted molar refractivity (Wildman–Crippen MR) is 146 cm³/mol. The van der Waals surface area contributed by atoms with Crippen LogP contribution in [0.25, 0.3) is 12.2 Å². The third-order valence-electron chi connectivity index (χ3n) is 5.76. The molecule has 0 fully saturated rings. The zero-order chi connectivity index (χ0) is 25.4. The van der Waals surface area contributed by atoms with Gasteiger partial charge in [-0.2, -0.15) is 0 Å². The van der Waals surface area contributed by atoms with Crippen molar-refractivity contribution in [3.8, 4) is 11.5 Å². The summed E-state index contributed by atoms with van der Waals surface area (Å²) in [6.45, 7) is 4.47. The van der Waals surface area contributed by atoms with Gasteiger partial charge in [-0.05, 0) is 54.3 Å². The predicted octanol–water partition coefficient (Wildman–Crippen LogP) is 7.94. The topological polar surface area (TPSA) is 52.6 Å². The van der Waals surface area contributed by atoms with Gasteiger partial charge in [0.2, 0.25) is 0 Å². The monoisotopic (exact) mass is 482 g/mol. The largest absolute Gasteiger partial charge is 0.494 e. The van der Waals surface area contributed by atoms with Crippen LogP contribution in [0.5, 0.6) is 11.5 Å². The second-order valence-corrected chi connectivity index (χ2v) is 8.60. The van der Waals surface area contributed by atoms with Crippen LogP contribution in [0, 0.1) is 0 Å². The molecule has 0 heterocycles. The highest BCUT2D eigenvalue weighted by Gasteiger charge is 2.05. The summed E-state index contributed by atoms with van der Waals surface area (Å²) in [6.07, 6.45) is 11.8. The molecule has 4 heteroatoms. The van der Waals surface area contributed by atoms with Crippen LogP contribution in [0.4, 0.5) is 0 Å². The SMILES string of the molecule is C=Cc1ccc(OCCCCCCCCC(=O)Oc2ccc(C=CC(=O)c3ccccc3)cc2)cc1. The number of carbonyl (C=O) groups excluding carboxylic acids is 2. The Morgan fingerprint density at radius 3 is 2.00 bits per heavy atom. The van der Waals surface area contributed by atoms with Crippen molar-refractivity contribution in [1.29, 1.82) is 0 Å². The molecule has 0 amide bonds. The summed E-state index contributed by atoms with van der Waals surface area (Å²) in [6, 6.07) is 24.2. The van der Waals surface area contributed by atoms with Crippen LogP contribution in [-0.4, -0.2) is 18.4 Å². The number of esters is 1. The first-order valence-corrected chi connectivity index (χ1v) is 12.6. The number of unbranched alkanes of at least 4 members (excludes halogenated alkanes) is 5. The standard InChI is InChI=1S/C32H34O4/c1-2-26-15-20-29(21-16-26)35-25-11-6-4-3-5-10-14-32(34)36-30-22-17-27(18-23-30)19-24-31(33)28-12-8-7-9-13-28/h2,7-9,12-13,15-24H,1,3-6,10-11,14,25H2. The first kappa shape index (κ1) is 26.7. The van der Waals surface area contributed by atoms with Crippen molar-refractivity contribution in [2.45, 2.75) is 44.9 Å². The van der Waals surface area contributed by atoms with E-state index in [1.54, 1.807) is 36.4 Å². The van der Waals surface area contributed by atoms with Gasteiger partial charge in [0.05, 0.1) is 6.61 Å². The van der Waals surface area contributed by atoms with Gasteiger partial charge in [0, 0.05) is 12.0 Å². The highest BCUT2D eigenvalue weighted by atomic mass is 16.5. The van der Waals surface area contributed by atoms with E-state index in [0.29, 0.717) is 17.7 Å². The fraction of sp³-hybridized carbons (Fsp3) is 0.250. The van der Waals surface area contributed by atoms with Crippen LogP contribution in [0.15, 0.2) is 91.5 Å². The van der Waals surface area contributed by atoms with Gasteiger partial charge in [-0.1, -0.05) is 99.0 Å². The normalized spacial score (nSPS) is 10.8. The molecule has 0 aliphatic heterocycles. The van der Waals surface area contributed by atoms with E-state index in [0.717, 1.165) is 62.0 Å². The Bertz CT molecular complexity index is 1110. The minimum Gasteiger partial charge on any atom is -0.494 e. The van der Waals surface area contributed by atoms with Crippen molar-refractivity contribution < 1.29 is 19.1 Å². The fourth-order valence-corrected chi connectivity index (χ4v) is 3.67. The lowest BCUT2D eigenvalue weighted by Crippen LogP contribution is -2.07. The molecule has 36 heavy (non-hydrogen) atoms. The van der Waals surface area contributed by atoms with Gasteiger partial charge < -0.3 is 9.47 Å². The molecule has 0 aromatic heterocycles. The van der Waals surface area contributed by atoms with E-state index in [1.807, 2.05) is 60.7 Å². The van der Waals surface area contributed by atoms with Crippen LogP contribution < -0.4 is 9.47 Å². The van der Waals surface area contributed by atoms with E-state index in [9.17, 15) is 9.59 Å². The van der Waals surface area contributed by atoms with Gasteiger partial charge in [0.1, 0.15) is 11.5 Å². The Morgan fingerprint density at radius 2 is 1.31 bits per heavy atom. The fourth-order valence-electron chi connectivity index (χ4n) is 3.67. The van der Waals surface area contributed by atoms with Gasteiger partial charge in [0.25, 0.3) is 0 Å². The number of hydrogen-bond acceptors (Lipinski definition) is 4. The molecule has 0 aliphatic carbocycles. The van der Waals surface area contributed by atoms with Crippen LogP contribution in [0.1, 0.15) is 66.4 Å². The Morgan fingerprint density at radius 1 is 0.694 bits per heavy atom. The molecule has 4 nitrogen and oxygen atoms in total. The molecule has 0 atom stereocenters. The molecule has 186 valence electrons. The van der Waals surface area contributed by atoms with E-state index in [2.05, 4.69) is 6.58 Å². The first-order valence-electron chi connectivity index (χ1n) is 12.6. The Balaban J connectivity index is 1.23. The Labute approximate surface area is 214 Å². The molecule has 0 saturated heterocycles. The zero-order valence-electron chi connectivity index (χ0n) is 20.7. The lowest BCUT2D eigenvalue weighted by molar-refractivity contribution is -0.134. The average Bonchev–Trinajstić information content (AvgIpc) is 2.92. The van der Waals surface area contributed by atoms with Crippen molar-refractivity contribution in [2.24, 2.45) is 0 Å². The smallest absolute Gasteiger partial charge is 0.311 e. The maximum Gasteiger partial charge on any atom is 0.311 e. The summed E-state index contributed by atoms with van der Waals surface area (Å²) < 4.78 is 11.2. The third-order valence-corrected chi connectivity index (χ3v) is 5.76. The van der Waals surface area contributed by atoms with Crippen LogP contribution in [0.2, 0.25) is 0 Å². The molecule has 0 radical (unpaired) electrons. The van der Waals surface area contributed by atoms with Gasteiger partial charge in [-0.3, -0.25) is 9.59 Å². The first-order chi connectivity index (χ1) is 17.6. The molecule has 0 unspecified atom stereocenters. The third kappa shape index (κ3) is 9.75. The zero-order valence-corrected chi connectivity index (χ0v) is 20.7. The number of hydrogen-bond donors (Lipinski definition) is 0. The minimum absolute atomic E-state index is 0.0471. The highest BCUT2D eigenvalue weighted by molar-refractivity contribution is 6.06. The van der Waals surface area contributed by atoms with Crippen molar-refractivity contribution in [3.05, 3.63) is 108 Å². The molecule has 3 aromatic carbocycles. The number of ketones is 1. The van der Waals surface area contributed by atoms with Crippen LogP contribution in [0.3, 0.4) is 0 Å². The molecule has 0 aliphatic rings. The molecule has 3 aromatic rings. The second kappa shape index (κ2) is 15.2. The summed E-state index contributed by atoms with van der Waals surface area (Å²) >= 11 is 0. The molecule has 3 rings (SSSR count). The lowest BCUT2D eigenvalue weighted by Gasteiger charge is -2.07. The molecule has 0 N–H and O–H groups in total. The Kier molecular flexibility index (Phi) is 11.2. The van der Waals surface area contributed by atoms with Crippen LogP contribution in [-0.2, 0) is 4.79 Å². The van der Waals surface area contributed by atoms with E-state index in [4.69, 9.17) is 9.47 Å². The van der Waals surface area contributed by atoms with Crippen LogP contribution >= 0.6 is 0 Å². The maximum absolute atomic E-state index is 12.2. The van der Waals surface area contributed by atoms with E-state index in [-0.39, 0.29) is 11.8 Å². The molecule has 0 spiro atoms. The summed E-state index contributed by atoms with van der Waals surface area (Å²) in [7, 11) is 0. The number of rotatable bonds is 15. The Hall–Kier alpha value is -3.92. The summed E-state index contributed by atoms with van der Waals surface area (Å²) in [5.74, 6) is 1.15. The van der Waals surface area contributed by atoms with Gasteiger partial charge >= 0.3 is 5.97 Å². The van der Waals surface area contributed by atoms with Gasteiger partial charge in [0.15, 0.2) is 5.78 Å². The van der Waals surface area contributed by atoms with Crippen molar-refractivity contribution in [1.82, 2.24) is 0 Å². The lowest BCUT2D eigenvalue weighted by atomic mass is 10.1. The van der Waals surface area contributed by atoms with E-state index < -0.39 is 0 Å². The minimum atomic E-state index is -0.214. The molecular weight excluding hydrogens is 448 g/mol.